The molecular weight excluding hydrogens is 140 g/mol. The van der Waals surface area contributed by atoms with Crippen molar-refractivity contribution in [3.8, 4) is 6.07 Å². The van der Waals surface area contributed by atoms with E-state index in [2.05, 4.69) is 0 Å². The molecule has 0 saturated heterocycles. The summed E-state index contributed by atoms with van der Waals surface area (Å²) in [6.45, 7) is 2.57. The highest BCUT2D eigenvalue weighted by molar-refractivity contribution is 5.98. The summed E-state index contributed by atoms with van der Waals surface area (Å²) in [5.74, 6) is -0.142. The summed E-state index contributed by atoms with van der Waals surface area (Å²) in [7, 11) is 1.71. The molecule has 1 heterocycles. The normalized spacial score (nSPS) is 18.6. The Morgan fingerprint density at radius 2 is 2.27 bits per heavy atom. The molecule has 0 atom stereocenters. The van der Waals surface area contributed by atoms with Gasteiger partial charge in [-0.3, -0.25) is 4.79 Å². The maximum absolute atomic E-state index is 11.2. The summed E-state index contributed by atoms with van der Waals surface area (Å²) in [6.07, 6.45) is 0.825. The van der Waals surface area contributed by atoms with Gasteiger partial charge >= 0.3 is 0 Å². The molecule has 1 aliphatic rings. The van der Waals surface area contributed by atoms with E-state index in [0.29, 0.717) is 5.57 Å². The van der Waals surface area contributed by atoms with Crippen LogP contribution in [0.15, 0.2) is 11.1 Å². The van der Waals surface area contributed by atoms with E-state index < -0.39 is 0 Å². The molecule has 1 aliphatic heterocycles. The van der Waals surface area contributed by atoms with Crippen molar-refractivity contribution in [3.05, 3.63) is 11.1 Å². The lowest BCUT2D eigenvalue weighted by molar-refractivity contribution is -0.126. The Balaban J connectivity index is 3.01. The number of rotatable bonds is 0. The van der Waals surface area contributed by atoms with Crippen LogP contribution in [0.4, 0.5) is 0 Å². The molecule has 0 aromatic heterocycles. The molecule has 0 N–H and O–H groups in total. The average Bonchev–Trinajstić information content (AvgIpc) is 1.99. The Labute approximate surface area is 65.9 Å². The number of nitrogens with zero attached hydrogens (tertiary/aromatic N) is 2. The molecule has 11 heavy (non-hydrogen) atoms. The average molecular weight is 150 g/mol. The van der Waals surface area contributed by atoms with Crippen molar-refractivity contribution in [3.63, 3.8) is 0 Å². The number of amides is 1. The first-order chi connectivity index (χ1) is 5.16. The zero-order chi connectivity index (χ0) is 8.43. The van der Waals surface area contributed by atoms with Crippen molar-refractivity contribution < 1.29 is 4.79 Å². The van der Waals surface area contributed by atoms with Crippen LogP contribution >= 0.6 is 0 Å². The maximum Gasteiger partial charge on any atom is 0.264 e. The highest BCUT2D eigenvalue weighted by Gasteiger charge is 2.21. The summed E-state index contributed by atoms with van der Waals surface area (Å²) < 4.78 is 0. The molecule has 0 spiro atoms. The second kappa shape index (κ2) is 2.75. The van der Waals surface area contributed by atoms with E-state index in [9.17, 15) is 4.79 Å². The Kier molecular flexibility index (Phi) is 1.95. The number of likely N-dealkylation sites (N-methyl/N-ethyl adjacent to an activating group) is 1. The molecule has 58 valence electrons. The highest BCUT2D eigenvalue weighted by atomic mass is 16.2. The van der Waals surface area contributed by atoms with Crippen LogP contribution in [-0.4, -0.2) is 24.4 Å². The van der Waals surface area contributed by atoms with E-state index in [0.717, 1.165) is 18.5 Å². The van der Waals surface area contributed by atoms with E-state index in [1.165, 1.54) is 0 Å². The molecule has 1 amide bonds. The molecule has 0 fully saturated rings. The van der Waals surface area contributed by atoms with Gasteiger partial charge in [0.15, 0.2) is 0 Å². The van der Waals surface area contributed by atoms with E-state index in [1.54, 1.807) is 11.9 Å². The Morgan fingerprint density at radius 3 is 2.73 bits per heavy atom. The third-order valence-corrected chi connectivity index (χ3v) is 1.92. The van der Waals surface area contributed by atoms with Gasteiger partial charge in [-0.05, 0) is 18.9 Å². The van der Waals surface area contributed by atoms with Crippen LogP contribution < -0.4 is 0 Å². The van der Waals surface area contributed by atoms with Crippen molar-refractivity contribution >= 4 is 5.91 Å². The molecule has 0 aromatic rings. The molecule has 0 unspecified atom stereocenters. The van der Waals surface area contributed by atoms with E-state index in [4.69, 9.17) is 5.26 Å². The minimum Gasteiger partial charge on any atom is -0.341 e. The maximum atomic E-state index is 11.2. The number of carbonyl (C=O) groups excluding carboxylic acids is 1. The molecule has 3 nitrogen and oxygen atoms in total. The molecule has 1 rings (SSSR count). The second-order valence-electron chi connectivity index (χ2n) is 2.74. The molecule has 3 heteroatoms. The summed E-state index contributed by atoms with van der Waals surface area (Å²) >= 11 is 0. The minimum absolute atomic E-state index is 0.142. The monoisotopic (exact) mass is 150 g/mol. The van der Waals surface area contributed by atoms with Gasteiger partial charge in [0.1, 0.15) is 11.6 Å². The van der Waals surface area contributed by atoms with Crippen LogP contribution in [0.5, 0.6) is 0 Å². The minimum atomic E-state index is -0.142. The lowest BCUT2D eigenvalue weighted by Gasteiger charge is -2.22. The summed E-state index contributed by atoms with van der Waals surface area (Å²) in [6, 6.07) is 1.92. The molecule has 0 radical (unpaired) electrons. The van der Waals surface area contributed by atoms with Gasteiger partial charge in [-0.25, -0.2) is 0 Å². The number of hydrogen-bond donors (Lipinski definition) is 0. The molecule has 0 bridgehead atoms. The van der Waals surface area contributed by atoms with Crippen LogP contribution in [0.3, 0.4) is 0 Å². The van der Waals surface area contributed by atoms with Crippen LogP contribution in [0.1, 0.15) is 13.3 Å². The standard InChI is InChI=1S/C8H10N2O/c1-6-3-4-10(2)8(11)7(6)5-9/h3-4H2,1-2H3. The second-order valence-corrected chi connectivity index (χ2v) is 2.74. The lowest BCUT2D eigenvalue weighted by Crippen LogP contribution is -2.33. The van der Waals surface area contributed by atoms with E-state index in [1.807, 2.05) is 13.0 Å². The summed E-state index contributed by atoms with van der Waals surface area (Å²) in [5.41, 5.74) is 1.23. The third-order valence-electron chi connectivity index (χ3n) is 1.92. The number of nitriles is 1. The fraction of sp³-hybridized carbons (Fsp3) is 0.500. The SMILES string of the molecule is CC1=C(C#N)C(=O)N(C)CC1. The summed E-state index contributed by atoms with van der Waals surface area (Å²) in [4.78, 5) is 12.8. The molecular formula is C8H10N2O. The zero-order valence-corrected chi connectivity index (χ0v) is 6.72. The lowest BCUT2D eigenvalue weighted by atomic mass is 10.0. The Morgan fingerprint density at radius 1 is 1.64 bits per heavy atom. The van der Waals surface area contributed by atoms with Crippen molar-refractivity contribution in [2.45, 2.75) is 13.3 Å². The number of carbonyl (C=O) groups is 1. The van der Waals surface area contributed by atoms with Gasteiger partial charge in [-0.15, -0.1) is 0 Å². The predicted molar refractivity (Wildman–Crippen MR) is 40.6 cm³/mol. The van der Waals surface area contributed by atoms with Gasteiger partial charge in [0.25, 0.3) is 5.91 Å². The fourth-order valence-corrected chi connectivity index (χ4v) is 1.08. The topological polar surface area (TPSA) is 44.1 Å². The van der Waals surface area contributed by atoms with Crippen LogP contribution in [0, 0.1) is 11.3 Å². The fourth-order valence-electron chi connectivity index (χ4n) is 1.08. The predicted octanol–water partition coefficient (Wildman–Crippen LogP) is 0.689. The first-order valence-electron chi connectivity index (χ1n) is 3.52. The first kappa shape index (κ1) is 7.80. The van der Waals surface area contributed by atoms with Gasteiger partial charge in [0, 0.05) is 13.6 Å². The van der Waals surface area contributed by atoms with Crippen molar-refractivity contribution in [1.29, 1.82) is 5.26 Å². The van der Waals surface area contributed by atoms with Crippen molar-refractivity contribution in [1.82, 2.24) is 4.90 Å². The third kappa shape index (κ3) is 1.25. The van der Waals surface area contributed by atoms with E-state index in [-0.39, 0.29) is 5.91 Å². The smallest absolute Gasteiger partial charge is 0.264 e. The van der Waals surface area contributed by atoms with Gasteiger partial charge < -0.3 is 4.90 Å². The first-order valence-corrected chi connectivity index (χ1v) is 3.52. The van der Waals surface area contributed by atoms with Gasteiger partial charge in [0.2, 0.25) is 0 Å². The summed E-state index contributed by atoms with van der Waals surface area (Å²) in [5, 5.41) is 8.59. The molecule has 0 aromatic carbocycles. The molecule has 0 saturated carbocycles. The quantitative estimate of drug-likeness (QED) is 0.510. The number of hydrogen-bond acceptors (Lipinski definition) is 2. The largest absolute Gasteiger partial charge is 0.341 e. The Bertz CT molecular complexity index is 260. The van der Waals surface area contributed by atoms with Crippen LogP contribution in [-0.2, 0) is 4.79 Å². The molecule has 0 aliphatic carbocycles. The van der Waals surface area contributed by atoms with Gasteiger partial charge in [-0.2, -0.15) is 5.26 Å². The van der Waals surface area contributed by atoms with Gasteiger partial charge in [-0.1, -0.05) is 0 Å². The van der Waals surface area contributed by atoms with Crippen LogP contribution in [0.2, 0.25) is 0 Å². The Hall–Kier alpha value is -1.30. The van der Waals surface area contributed by atoms with Gasteiger partial charge in [0.05, 0.1) is 0 Å². The van der Waals surface area contributed by atoms with E-state index >= 15 is 0 Å². The van der Waals surface area contributed by atoms with Crippen molar-refractivity contribution in [2.24, 2.45) is 0 Å². The zero-order valence-electron chi connectivity index (χ0n) is 6.72. The highest BCUT2D eigenvalue weighted by Crippen LogP contribution is 2.16. The van der Waals surface area contributed by atoms with Crippen molar-refractivity contribution in [2.75, 3.05) is 13.6 Å². The van der Waals surface area contributed by atoms with Crippen LogP contribution in [0.25, 0.3) is 0 Å².